The Bertz CT molecular complexity index is 196. The molecule has 0 aliphatic carbocycles. The summed E-state index contributed by atoms with van der Waals surface area (Å²) in [5.41, 5.74) is 0. The van der Waals surface area contributed by atoms with E-state index in [1.807, 2.05) is 0 Å². The number of hydrogen-bond donors (Lipinski definition) is 4. The van der Waals surface area contributed by atoms with Gasteiger partial charge in [0.15, 0.2) is 0 Å². The first-order chi connectivity index (χ1) is 5.55. The Labute approximate surface area is 68.0 Å². The Hall–Kier alpha value is -0.240. The van der Waals surface area contributed by atoms with Crippen molar-refractivity contribution in [3.63, 3.8) is 0 Å². The van der Waals surface area contributed by atoms with Crippen LogP contribution in [-0.4, -0.2) is 57.4 Å². The molecule has 0 aromatic heterocycles. The molecule has 0 aromatic carbocycles. The maximum Gasteiger partial charge on any atom is 0.247 e. The van der Waals surface area contributed by atoms with Gasteiger partial charge in [0.2, 0.25) is 12.1 Å². The van der Waals surface area contributed by atoms with Crippen LogP contribution in [0, 0.1) is 0 Å². The molecule has 2 bridgehead atoms. The molecule has 0 amide bonds. The van der Waals surface area contributed by atoms with Gasteiger partial charge < -0.3 is 29.9 Å². The normalized spacial score (nSPS) is 59.0. The first kappa shape index (κ1) is 8.36. The van der Waals surface area contributed by atoms with Crippen molar-refractivity contribution < 1.29 is 29.9 Å². The van der Waals surface area contributed by atoms with Crippen LogP contribution in [0.15, 0.2) is 0 Å². The molecule has 0 unspecified atom stereocenters. The number of rotatable bonds is 0. The average molecular weight is 178 g/mol. The second-order valence-electron chi connectivity index (χ2n) is 3.03. The van der Waals surface area contributed by atoms with Gasteiger partial charge in [-0.15, -0.1) is 0 Å². The lowest BCUT2D eigenvalue weighted by molar-refractivity contribution is -0.450. The number of aliphatic hydroxyl groups excluding tert-OH is 3. The summed E-state index contributed by atoms with van der Waals surface area (Å²) in [5.74, 6) is -2.19. The molecule has 3 rings (SSSR count). The van der Waals surface area contributed by atoms with Crippen molar-refractivity contribution in [1.82, 2.24) is 0 Å². The highest BCUT2D eigenvalue weighted by Gasteiger charge is 2.60. The van der Waals surface area contributed by atoms with Crippen LogP contribution in [0.2, 0.25) is 0 Å². The van der Waals surface area contributed by atoms with E-state index in [1.165, 1.54) is 0 Å². The lowest BCUT2D eigenvalue weighted by atomic mass is 9.93. The number of fused-ring (bicyclic) bond motifs is 3. The van der Waals surface area contributed by atoms with Crippen LogP contribution in [0.4, 0.5) is 0 Å². The highest BCUT2D eigenvalue weighted by Crippen LogP contribution is 2.35. The van der Waals surface area contributed by atoms with Crippen LogP contribution in [0.5, 0.6) is 0 Å². The highest BCUT2D eigenvalue weighted by atomic mass is 16.7. The molecule has 3 aliphatic heterocycles. The zero-order valence-corrected chi connectivity index (χ0v) is 6.12. The van der Waals surface area contributed by atoms with Gasteiger partial charge in [-0.1, -0.05) is 0 Å². The second kappa shape index (κ2) is 2.38. The molecule has 6 nitrogen and oxygen atoms in total. The Morgan fingerprint density at radius 2 is 1.92 bits per heavy atom. The van der Waals surface area contributed by atoms with Crippen LogP contribution in [0.3, 0.4) is 0 Å². The van der Waals surface area contributed by atoms with E-state index in [0.717, 1.165) is 0 Å². The van der Waals surface area contributed by atoms with Gasteiger partial charge in [-0.25, -0.2) is 0 Å². The molecule has 3 fully saturated rings. The first-order valence-electron chi connectivity index (χ1n) is 3.61. The fourth-order valence-electron chi connectivity index (χ4n) is 1.45. The van der Waals surface area contributed by atoms with Gasteiger partial charge in [0.1, 0.15) is 18.3 Å². The zero-order valence-electron chi connectivity index (χ0n) is 6.12. The fourth-order valence-corrected chi connectivity index (χ4v) is 1.45. The Morgan fingerprint density at radius 1 is 1.25 bits per heavy atom. The fraction of sp³-hybridized carbons (Fsp3) is 1.00. The number of ether oxygens (including phenoxy) is 2. The van der Waals surface area contributed by atoms with Crippen LogP contribution >= 0.6 is 0 Å². The van der Waals surface area contributed by atoms with Crippen molar-refractivity contribution in [3.05, 3.63) is 0 Å². The van der Waals surface area contributed by atoms with Gasteiger partial charge in [-0.2, -0.15) is 0 Å². The predicted octanol–water partition coefficient (Wildman–Crippen LogP) is -2.86. The third kappa shape index (κ3) is 0.846. The van der Waals surface area contributed by atoms with Gasteiger partial charge in [-0.05, 0) is 0 Å². The van der Waals surface area contributed by atoms with Gasteiger partial charge in [0.25, 0.3) is 0 Å². The van der Waals surface area contributed by atoms with Crippen molar-refractivity contribution >= 4 is 0 Å². The molecule has 3 aliphatic rings. The van der Waals surface area contributed by atoms with E-state index in [4.69, 9.17) is 14.6 Å². The Balaban J connectivity index is 2.28. The van der Waals surface area contributed by atoms with E-state index in [2.05, 4.69) is 0 Å². The molecule has 12 heavy (non-hydrogen) atoms. The summed E-state index contributed by atoms with van der Waals surface area (Å²) in [6.07, 6.45) is -5.12. The van der Waals surface area contributed by atoms with Crippen LogP contribution in [0.25, 0.3) is 0 Å². The molecule has 0 spiro atoms. The molecule has 6 heteroatoms. The second-order valence-corrected chi connectivity index (χ2v) is 3.03. The van der Waals surface area contributed by atoms with E-state index < -0.39 is 30.4 Å². The standard InChI is InChI=1S/C6H10O6/c7-3-2-1-11-6(10,4(3)8)5(9)12-2/h2-5,7-10H,1H2/t2-,3-,4-,5+,6+/m1/s1. The third-order valence-electron chi connectivity index (χ3n) is 2.26. The van der Waals surface area contributed by atoms with E-state index in [1.54, 1.807) is 0 Å². The molecule has 70 valence electrons. The summed E-state index contributed by atoms with van der Waals surface area (Å²) in [6, 6.07) is 0. The van der Waals surface area contributed by atoms with Crippen molar-refractivity contribution in [1.29, 1.82) is 0 Å². The molecule has 3 saturated heterocycles. The molecule has 0 radical (unpaired) electrons. The summed E-state index contributed by atoms with van der Waals surface area (Å²) in [6.45, 7) is -0.0359. The molecule has 5 atom stereocenters. The van der Waals surface area contributed by atoms with Gasteiger partial charge in [-0.3, -0.25) is 0 Å². The van der Waals surface area contributed by atoms with Crippen molar-refractivity contribution in [3.8, 4) is 0 Å². The zero-order chi connectivity index (χ0) is 8.93. The maximum absolute atomic E-state index is 9.42. The van der Waals surface area contributed by atoms with Crippen molar-refractivity contribution in [2.45, 2.75) is 30.4 Å². The van der Waals surface area contributed by atoms with E-state index in [0.29, 0.717) is 0 Å². The lowest BCUT2D eigenvalue weighted by Crippen LogP contribution is -2.72. The first-order valence-corrected chi connectivity index (χ1v) is 3.61. The molecular weight excluding hydrogens is 168 g/mol. The summed E-state index contributed by atoms with van der Waals surface area (Å²) in [5, 5.41) is 37.0. The van der Waals surface area contributed by atoms with Crippen LogP contribution in [-0.2, 0) is 9.47 Å². The Morgan fingerprint density at radius 3 is 2.42 bits per heavy atom. The van der Waals surface area contributed by atoms with Crippen molar-refractivity contribution in [2.75, 3.05) is 6.61 Å². The van der Waals surface area contributed by atoms with Gasteiger partial charge in [0.05, 0.1) is 6.61 Å². The van der Waals surface area contributed by atoms with Crippen molar-refractivity contribution in [2.24, 2.45) is 0 Å². The van der Waals surface area contributed by atoms with Gasteiger partial charge >= 0.3 is 0 Å². The topological polar surface area (TPSA) is 99.4 Å². The molecule has 0 aromatic rings. The quantitative estimate of drug-likeness (QED) is 0.318. The summed E-state index contributed by atoms with van der Waals surface area (Å²) < 4.78 is 9.47. The molecule has 3 heterocycles. The van der Waals surface area contributed by atoms with Crippen LogP contribution < -0.4 is 0 Å². The summed E-state index contributed by atoms with van der Waals surface area (Å²) >= 11 is 0. The van der Waals surface area contributed by atoms with Gasteiger partial charge in [0, 0.05) is 0 Å². The smallest absolute Gasteiger partial charge is 0.247 e. The minimum Gasteiger partial charge on any atom is -0.387 e. The van der Waals surface area contributed by atoms with E-state index >= 15 is 0 Å². The summed E-state index contributed by atoms with van der Waals surface area (Å²) in [4.78, 5) is 0. The van der Waals surface area contributed by atoms with E-state index in [9.17, 15) is 15.3 Å². The largest absolute Gasteiger partial charge is 0.387 e. The monoisotopic (exact) mass is 178 g/mol. The average Bonchev–Trinajstić information content (AvgIpc) is 2.04. The SMILES string of the molecule is O[C@H]1[C@@H](O)[C@]2(O)OC[C@H]1O[C@@H]2O. The number of hydrogen-bond acceptors (Lipinski definition) is 6. The maximum atomic E-state index is 9.42. The number of aliphatic hydroxyl groups is 4. The minimum atomic E-state index is -2.19. The predicted molar refractivity (Wildman–Crippen MR) is 33.8 cm³/mol. The minimum absolute atomic E-state index is 0.0359. The molecular formula is C6H10O6. The molecule has 4 N–H and O–H groups in total. The van der Waals surface area contributed by atoms with E-state index in [-0.39, 0.29) is 6.61 Å². The Kier molecular flexibility index (Phi) is 1.66. The lowest BCUT2D eigenvalue weighted by Gasteiger charge is -2.50. The molecule has 0 saturated carbocycles. The van der Waals surface area contributed by atoms with Crippen LogP contribution in [0.1, 0.15) is 0 Å². The third-order valence-corrected chi connectivity index (χ3v) is 2.26. The highest BCUT2D eigenvalue weighted by molar-refractivity contribution is 4.98. The summed E-state index contributed by atoms with van der Waals surface area (Å²) in [7, 11) is 0.